The molecule has 0 amide bonds. The summed E-state index contributed by atoms with van der Waals surface area (Å²) in [5.41, 5.74) is 6.68. The van der Waals surface area contributed by atoms with Crippen LogP contribution in [0.1, 0.15) is 10.4 Å². The molecule has 0 saturated carbocycles. The van der Waals surface area contributed by atoms with Crippen LogP contribution in [0.5, 0.6) is 0 Å². The number of hydrogen-bond acceptors (Lipinski definition) is 2. The van der Waals surface area contributed by atoms with Gasteiger partial charge in [-0.05, 0) is 34.7 Å². The Morgan fingerprint density at radius 1 is 1.50 bits per heavy atom. The largest absolute Gasteiger partial charge is 0.397 e. The van der Waals surface area contributed by atoms with Crippen LogP contribution in [0, 0.1) is 3.57 Å². The lowest BCUT2D eigenvalue weighted by molar-refractivity contribution is 0.112. The fourth-order valence-corrected chi connectivity index (χ4v) is 1.18. The fraction of sp³-hybridized carbons (Fsp3) is 0. The average Bonchev–Trinajstić information content (AvgIpc) is 1.95. The molecule has 0 radical (unpaired) electrons. The minimum Gasteiger partial charge on any atom is -0.397 e. The van der Waals surface area contributed by atoms with Gasteiger partial charge in [-0.2, -0.15) is 0 Å². The highest BCUT2D eigenvalue weighted by molar-refractivity contribution is 14.1. The van der Waals surface area contributed by atoms with Gasteiger partial charge >= 0.3 is 0 Å². The van der Waals surface area contributed by atoms with Crippen molar-refractivity contribution in [1.82, 2.24) is 0 Å². The molecule has 1 rings (SSSR count). The summed E-state index contributed by atoms with van der Waals surface area (Å²) in [6.07, 6.45) is 0.761. The Bertz CT molecular complexity index is 260. The number of benzene rings is 1. The van der Waals surface area contributed by atoms with E-state index in [0.29, 0.717) is 11.3 Å². The van der Waals surface area contributed by atoms with Gasteiger partial charge in [0.1, 0.15) is 0 Å². The number of carbonyl (C=O) groups excluding carboxylic acids is 1. The van der Waals surface area contributed by atoms with Crippen molar-refractivity contribution in [1.29, 1.82) is 0 Å². The van der Waals surface area contributed by atoms with E-state index in [9.17, 15) is 4.79 Å². The van der Waals surface area contributed by atoms with Crippen molar-refractivity contribution in [3.63, 3.8) is 0 Å². The monoisotopic (exact) mass is 247 g/mol. The van der Waals surface area contributed by atoms with E-state index in [1.807, 2.05) is 12.1 Å². The Morgan fingerprint density at radius 2 is 2.20 bits per heavy atom. The minimum absolute atomic E-state index is 0.562. The van der Waals surface area contributed by atoms with Gasteiger partial charge in [0.05, 0.1) is 5.69 Å². The molecule has 0 aliphatic carbocycles. The predicted molar refractivity (Wildman–Crippen MR) is 49.0 cm³/mol. The van der Waals surface area contributed by atoms with E-state index in [-0.39, 0.29) is 0 Å². The van der Waals surface area contributed by atoms with Crippen molar-refractivity contribution in [2.24, 2.45) is 0 Å². The predicted octanol–water partition coefficient (Wildman–Crippen LogP) is 1.69. The summed E-state index contributed by atoms with van der Waals surface area (Å²) in [4.78, 5) is 10.3. The summed E-state index contributed by atoms with van der Waals surface area (Å²) in [6.45, 7) is 0. The van der Waals surface area contributed by atoms with Gasteiger partial charge < -0.3 is 5.73 Å². The molecule has 0 fully saturated rings. The third-order valence-corrected chi connectivity index (χ3v) is 2.15. The van der Waals surface area contributed by atoms with E-state index in [1.54, 1.807) is 6.07 Å². The van der Waals surface area contributed by atoms with Crippen LogP contribution in [0.2, 0.25) is 0 Å². The van der Waals surface area contributed by atoms with Gasteiger partial charge in [0, 0.05) is 9.13 Å². The smallest absolute Gasteiger partial charge is 0.152 e. The maximum Gasteiger partial charge on any atom is 0.152 e. The van der Waals surface area contributed by atoms with E-state index in [1.165, 1.54) is 0 Å². The zero-order valence-corrected chi connectivity index (χ0v) is 7.33. The van der Waals surface area contributed by atoms with Gasteiger partial charge in [-0.1, -0.05) is 6.07 Å². The maximum atomic E-state index is 10.3. The van der Waals surface area contributed by atoms with Gasteiger partial charge in [0.2, 0.25) is 0 Å². The van der Waals surface area contributed by atoms with Gasteiger partial charge in [-0.15, -0.1) is 0 Å². The summed E-state index contributed by atoms with van der Waals surface area (Å²) in [7, 11) is 0. The molecule has 2 nitrogen and oxygen atoms in total. The first-order valence-corrected chi connectivity index (χ1v) is 3.82. The van der Waals surface area contributed by atoms with Crippen molar-refractivity contribution < 1.29 is 4.79 Å². The molecule has 2 N–H and O–H groups in total. The van der Waals surface area contributed by atoms with E-state index >= 15 is 0 Å². The normalized spacial score (nSPS) is 9.30. The molecule has 0 aromatic heterocycles. The first-order valence-electron chi connectivity index (χ1n) is 2.75. The highest BCUT2D eigenvalue weighted by Gasteiger charge is 1.98. The summed E-state index contributed by atoms with van der Waals surface area (Å²) < 4.78 is 0.919. The summed E-state index contributed by atoms with van der Waals surface area (Å²) in [6, 6.07) is 5.37. The second-order valence-electron chi connectivity index (χ2n) is 1.86. The Morgan fingerprint density at radius 3 is 2.70 bits per heavy atom. The second kappa shape index (κ2) is 3.01. The maximum absolute atomic E-state index is 10.3. The summed E-state index contributed by atoms with van der Waals surface area (Å²) >= 11 is 2.09. The van der Waals surface area contributed by atoms with E-state index in [4.69, 9.17) is 5.73 Å². The molecule has 52 valence electrons. The molecule has 0 spiro atoms. The highest BCUT2D eigenvalue weighted by atomic mass is 127. The van der Waals surface area contributed by atoms with Gasteiger partial charge in [-0.3, -0.25) is 4.79 Å². The Labute approximate surface area is 72.6 Å². The van der Waals surface area contributed by atoms with Gasteiger partial charge in [-0.25, -0.2) is 0 Å². The third kappa shape index (κ3) is 1.29. The molecule has 1 aromatic carbocycles. The molecule has 10 heavy (non-hydrogen) atoms. The van der Waals surface area contributed by atoms with E-state index < -0.39 is 0 Å². The van der Waals surface area contributed by atoms with Crippen molar-refractivity contribution >= 4 is 34.6 Å². The first-order chi connectivity index (χ1) is 4.75. The number of rotatable bonds is 1. The molecule has 1 aromatic rings. The Hall–Kier alpha value is -0.580. The lowest BCUT2D eigenvalue weighted by atomic mass is 10.2. The minimum atomic E-state index is 0.562. The molecule has 0 unspecified atom stereocenters. The molecule has 0 bridgehead atoms. The van der Waals surface area contributed by atoms with Crippen LogP contribution in [0.25, 0.3) is 0 Å². The highest BCUT2D eigenvalue weighted by Crippen LogP contribution is 2.16. The zero-order chi connectivity index (χ0) is 7.56. The van der Waals surface area contributed by atoms with Crippen molar-refractivity contribution in [3.8, 4) is 0 Å². The van der Waals surface area contributed by atoms with Crippen LogP contribution < -0.4 is 5.73 Å². The molecular weight excluding hydrogens is 241 g/mol. The van der Waals surface area contributed by atoms with Crippen LogP contribution in [0.3, 0.4) is 0 Å². The number of halogens is 1. The molecule has 0 aliphatic rings. The molecule has 0 heterocycles. The van der Waals surface area contributed by atoms with E-state index in [0.717, 1.165) is 9.86 Å². The second-order valence-corrected chi connectivity index (χ2v) is 3.02. The number of nitrogens with two attached hydrogens (primary N) is 1. The molecule has 0 saturated heterocycles. The van der Waals surface area contributed by atoms with Gasteiger partial charge in [0.15, 0.2) is 6.29 Å². The topological polar surface area (TPSA) is 43.1 Å². The number of hydrogen-bond donors (Lipinski definition) is 1. The lowest BCUT2D eigenvalue weighted by Crippen LogP contribution is -1.94. The lowest BCUT2D eigenvalue weighted by Gasteiger charge is -1.98. The van der Waals surface area contributed by atoms with Crippen molar-refractivity contribution in [2.45, 2.75) is 0 Å². The molecule has 0 aliphatic heterocycles. The van der Waals surface area contributed by atoms with Crippen LogP contribution in [-0.2, 0) is 0 Å². The summed E-state index contributed by atoms with van der Waals surface area (Å²) in [5, 5.41) is 0. The standard InChI is InChI=1S/C7H6INO/c8-6-3-1-2-5(4-10)7(6)9/h1-4H,9H2. The summed E-state index contributed by atoms with van der Waals surface area (Å²) in [5.74, 6) is 0. The fourth-order valence-electron chi connectivity index (χ4n) is 0.656. The Balaban J connectivity index is 3.27. The number of carbonyl (C=O) groups is 1. The molecule has 3 heteroatoms. The zero-order valence-electron chi connectivity index (χ0n) is 5.17. The van der Waals surface area contributed by atoms with Crippen molar-refractivity contribution in [3.05, 3.63) is 27.3 Å². The van der Waals surface area contributed by atoms with Crippen LogP contribution in [0.4, 0.5) is 5.69 Å². The Kier molecular flexibility index (Phi) is 2.26. The number of nitrogen functional groups attached to an aromatic ring is 1. The van der Waals surface area contributed by atoms with Crippen LogP contribution in [-0.4, -0.2) is 6.29 Å². The molecule has 0 atom stereocenters. The van der Waals surface area contributed by atoms with Crippen molar-refractivity contribution in [2.75, 3.05) is 5.73 Å². The van der Waals surface area contributed by atoms with E-state index in [2.05, 4.69) is 22.6 Å². The van der Waals surface area contributed by atoms with Crippen LogP contribution in [0.15, 0.2) is 18.2 Å². The first kappa shape index (κ1) is 7.53. The third-order valence-electron chi connectivity index (χ3n) is 1.21. The van der Waals surface area contributed by atoms with Gasteiger partial charge in [0.25, 0.3) is 0 Å². The quantitative estimate of drug-likeness (QED) is 0.466. The average molecular weight is 247 g/mol. The van der Waals surface area contributed by atoms with Crippen LogP contribution >= 0.6 is 22.6 Å². The SMILES string of the molecule is Nc1c(I)cccc1C=O. The number of para-hydroxylation sites is 1. The number of anilines is 1. The molecular formula is C7H6INO. The number of aldehydes is 1.